The molecule has 0 fully saturated rings. The lowest BCUT2D eigenvalue weighted by atomic mass is 10.1. The highest BCUT2D eigenvalue weighted by Gasteiger charge is 2.21. The van der Waals surface area contributed by atoms with Gasteiger partial charge in [0.25, 0.3) is 0 Å². The largest absolute Gasteiger partial charge is 0.387 e. The summed E-state index contributed by atoms with van der Waals surface area (Å²) in [4.78, 5) is 21.7. The lowest BCUT2D eigenvalue weighted by molar-refractivity contribution is -0.135. The molecule has 7 nitrogen and oxygen atoms in total. The van der Waals surface area contributed by atoms with Crippen LogP contribution in [0.2, 0.25) is 0 Å². The van der Waals surface area contributed by atoms with E-state index in [4.69, 9.17) is 5.11 Å². The van der Waals surface area contributed by atoms with Crippen molar-refractivity contribution in [2.24, 2.45) is 4.99 Å². The van der Waals surface area contributed by atoms with E-state index in [1.165, 1.54) is 0 Å². The van der Waals surface area contributed by atoms with Gasteiger partial charge in [0.1, 0.15) is 12.4 Å². The fourth-order valence-corrected chi connectivity index (χ4v) is 2.15. The normalized spacial score (nSPS) is 14.8. The summed E-state index contributed by atoms with van der Waals surface area (Å²) in [6, 6.07) is 3.80. The Kier molecular flexibility index (Phi) is 4.52. The maximum absolute atomic E-state index is 11.5. The van der Waals surface area contributed by atoms with Gasteiger partial charge in [-0.3, -0.25) is 9.79 Å². The molecule has 0 saturated carbocycles. The standard InChI is InChI=1S/C13H19N5O2/c1-14-13(15-2)17-11-4-3-9-7-18(12(20)8-19)6-5-10(9)16-11/h3-4,19H,5-8H2,1-2H3,(H2,14,15,16,17). The van der Waals surface area contributed by atoms with E-state index < -0.39 is 6.61 Å². The number of nitrogens with zero attached hydrogens (tertiary/aromatic N) is 3. The molecule has 1 aliphatic rings. The summed E-state index contributed by atoms with van der Waals surface area (Å²) in [7, 11) is 3.47. The third-order valence-electron chi connectivity index (χ3n) is 3.24. The van der Waals surface area contributed by atoms with Crippen LogP contribution < -0.4 is 10.6 Å². The molecule has 0 radical (unpaired) electrons. The number of aliphatic hydroxyl groups is 1. The topological polar surface area (TPSA) is 89.9 Å². The van der Waals surface area contributed by atoms with Gasteiger partial charge in [0.05, 0.1) is 0 Å². The van der Waals surface area contributed by atoms with E-state index in [-0.39, 0.29) is 5.91 Å². The van der Waals surface area contributed by atoms with Crippen molar-refractivity contribution in [1.82, 2.24) is 15.2 Å². The number of hydrogen-bond donors (Lipinski definition) is 3. The van der Waals surface area contributed by atoms with Crippen LogP contribution in [0.5, 0.6) is 0 Å². The van der Waals surface area contributed by atoms with Gasteiger partial charge in [-0.25, -0.2) is 4.98 Å². The number of anilines is 1. The van der Waals surface area contributed by atoms with Crippen LogP contribution in [0.15, 0.2) is 17.1 Å². The van der Waals surface area contributed by atoms with Crippen LogP contribution in [0.1, 0.15) is 11.3 Å². The minimum Gasteiger partial charge on any atom is -0.387 e. The van der Waals surface area contributed by atoms with Crippen molar-refractivity contribution in [3.63, 3.8) is 0 Å². The van der Waals surface area contributed by atoms with Crippen LogP contribution in [0.25, 0.3) is 0 Å². The minimum atomic E-state index is -0.444. The first-order valence-corrected chi connectivity index (χ1v) is 6.47. The summed E-state index contributed by atoms with van der Waals surface area (Å²) in [6.45, 7) is 0.646. The summed E-state index contributed by atoms with van der Waals surface area (Å²) >= 11 is 0. The van der Waals surface area contributed by atoms with E-state index in [1.54, 1.807) is 19.0 Å². The number of carbonyl (C=O) groups excluding carboxylic acids is 1. The fraction of sp³-hybridized carbons (Fsp3) is 0.462. The van der Waals surface area contributed by atoms with Gasteiger partial charge in [-0.15, -0.1) is 0 Å². The van der Waals surface area contributed by atoms with Crippen LogP contribution in [0.3, 0.4) is 0 Å². The summed E-state index contributed by atoms with van der Waals surface area (Å²) in [5, 5.41) is 14.9. The number of aromatic nitrogens is 1. The maximum atomic E-state index is 11.5. The zero-order chi connectivity index (χ0) is 14.5. The van der Waals surface area contributed by atoms with Gasteiger partial charge in [0.15, 0.2) is 5.96 Å². The number of carbonyl (C=O) groups is 1. The molecule has 2 heterocycles. The molecule has 2 rings (SSSR count). The Balaban J connectivity index is 2.12. The monoisotopic (exact) mass is 277 g/mol. The Morgan fingerprint density at radius 1 is 1.55 bits per heavy atom. The number of fused-ring (bicyclic) bond motifs is 1. The molecule has 1 amide bonds. The molecule has 1 aromatic rings. The van der Waals surface area contributed by atoms with Crippen LogP contribution >= 0.6 is 0 Å². The van der Waals surface area contributed by atoms with Gasteiger partial charge in [-0.1, -0.05) is 6.07 Å². The van der Waals surface area contributed by atoms with E-state index in [1.807, 2.05) is 12.1 Å². The van der Waals surface area contributed by atoms with Gasteiger partial charge in [0, 0.05) is 39.3 Å². The Bertz CT molecular complexity index is 529. The molecule has 0 aromatic carbocycles. The number of nitrogens with one attached hydrogen (secondary N) is 2. The van der Waals surface area contributed by atoms with Crippen molar-refractivity contribution in [3.05, 3.63) is 23.4 Å². The van der Waals surface area contributed by atoms with Gasteiger partial charge in [0.2, 0.25) is 5.91 Å². The molecule has 0 bridgehead atoms. The molecule has 108 valence electrons. The molecule has 1 aliphatic heterocycles. The maximum Gasteiger partial charge on any atom is 0.248 e. The summed E-state index contributed by atoms with van der Waals surface area (Å²) in [5.74, 6) is 1.12. The number of guanidine groups is 1. The van der Waals surface area contributed by atoms with Crippen molar-refractivity contribution in [2.75, 3.05) is 32.6 Å². The molecule has 0 aliphatic carbocycles. The fourth-order valence-electron chi connectivity index (χ4n) is 2.15. The molecule has 0 unspecified atom stereocenters. The average molecular weight is 277 g/mol. The second-order valence-electron chi connectivity index (χ2n) is 4.47. The van der Waals surface area contributed by atoms with Gasteiger partial charge in [-0.05, 0) is 11.6 Å². The third-order valence-corrected chi connectivity index (χ3v) is 3.24. The van der Waals surface area contributed by atoms with E-state index in [0.29, 0.717) is 25.5 Å². The van der Waals surface area contributed by atoms with Crippen molar-refractivity contribution in [3.8, 4) is 0 Å². The van der Waals surface area contributed by atoms with Crippen molar-refractivity contribution in [1.29, 1.82) is 0 Å². The third kappa shape index (κ3) is 3.05. The molecule has 1 aromatic heterocycles. The smallest absolute Gasteiger partial charge is 0.248 e. The molecule has 3 N–H and O–H groups in total. The quantitative estimate of drug-likeness (QED) is 0.504. The highest BCUT2D eigenvalue weighted by molar-refractivity contribution is 5.92. The number of aliphatic imine (C=N–C) groups is 1. The Morgan fingerprint density at radius 2 is 2.35 bits per heavy atom. The average Bonchev–Trinajstić information content (AvgIpc) is 2.51. The van der Waals surface area contributed by atoms with Crippen LogP contribution in [-0.2, 0) is 17.8 Å². The molecule has 0 atom stereocenters. The zero-order valence-electron chi connectivity index (χ0n) is 11.7. The number of pyridine rings is 1. The summed E-state index contributed by atoms with van der Waals surface area (Å²) in [5.41, 5.74) is 1.99. The first-order chi connectivity index (χ1) is 9.67. The SMILES string of the molecule is CN=C(NC)Nc1ccc2c(n1)CCN(C(=O)CO)C2. The minimum absolute atomic E-state index is 0.242. The highest BCUT2D eigenvalue weighted by Crippen LogP contribution is 2.19. The van der Waals surface area contributed by atoms with Crippen LogP contribution in [0, 0.1) is 0 Å². The molecule has 0 spiro atoms. The number of hydrogen-bond acceptors (Lipinski definition) is 4. The highest BCUT2D eigenvalue weighted by atomic mass is 16.3. The van der Waals surface area contributed by atoms with Crippen LogP contribution in [-0.4, -0.2) is 54.1 Å². The van der Waals surface area contributed by atoms with E-state index in [9.17, 15) is 4.79 Å². The summed E-state index contributed by atoms with van der Waals surface area (Å²) < 4.78 is 0. The number of amides is 1. The van der Waals surface area contributed by atoms with E-state index in [0.717, 1.165) is 17.1 Å². The lowest BCUT2D eigenvalue weighted by Crippen LogP contribution is -2.38. The summed E-state index contributed by atoms with van der Waals surface area (Å²) in [6.07, 6.45) is 0.689. The first-order valence-electron chi connectivity index (χ1n) is 6.47. The van der Waals surface area contributed by atoms with Crippen molar-refractivity contribution in [2.45, 2.75) is 13.0 Å². The van der Waals surface area contributed by atoms with E-state index >= 15 is 0 Å². The molecule has 20 heavy (non-hydrogen) atoms. The molecular weight excluding hydrogens is 258 g/mol. The number of rotatable bonds is 2. The van der Waals surface area contributed by atoms with E-state index in [2.05, 4.69) is 20.6 Å². The second kappa shape index (κ2) is 6.33. The predicted octanol–water partition coefficient (Wildman–Crippen LogP) is -0.424. The molecular formula is C13H19N5O2. The van der Waals surface area contributed by atoms with Crippen molar-refractivity contribution >= 4 is 17.7 Å². The second-order valence-corrected chi connectivity index (χ2v) is 4.47. The first kappa shape index (κ1) is 14.3. The predicted molar refractivity (Wildman–Crippen MR) is 76.5 cm³/mol. The number of aliphatic hydroxyl groups excluding tert-OH is 1. The lowest BCUT2D eigenvalue weighted by Gasteiger charge is -2.28. The van der Waals surface area contributed by atoms with Crippen molar-refractivity contribution < 1.29 is 9.90 Å². The molecule has 7 heteroatoms. The van der Waals surface area contributed by atoms with Gasteiger partial charge >= 0.3 is 0 Å². The Morgan fingerprint density at radius 3 is 3.00 bits per heavy atom. The Hall–Kier alpha value is -2.15. The van der Waals surface area contributed by atoms with Gasteiger partial charge in [-0.2, -0.15) is 0 Å². The van der Waals surface area contributed by atoms with Gasteiger partial charge < -0.3 is 20.6 Å². The Labute approximate surface area is 117 Å². The molecule has 0 saturated heterocycles. The van der Waals surface area contributed by atoms with Crippen LogP contribution in [0.4, 0.5) is 5.82 Å². The zero-order valence-corrected chi connectivity index (χ0v) is 11.7.